The van der Waals surface area contributed by atoms with E-state index in [9.17, 15) is 19.5 Å². The Morgan fingerprint density at radius 3 is 3.00 bits per heavy atom. The molecular formula is C15H15N3O5S2. The molecule has 2 amide bonds. The van der Waals surface area contributed by atoms with E-state index in [4.69, 9.17) is 0 Å². The van der Waals surface area contributed by atoms with E-state index in [1.165, 1.54) is 41.3 Å². The molecule has 8 nitrogen and oxygen atoms in total. The molecule has 3 heterocycles. The van der Waals surface area contributed by atoms with Crippen molar-refractivity contribution in [1.82, 2.24) is 10.2 Å². The minimum Gasteiger partial charge on any atom is -0.477 e. The van der Waals surface area contributed by atoms with Crippen LogP contribution in [0.2, 0.25) is 0 Å². The molecule has 0 radical (unpaired) electrons. The van der Waals surface area contributed by atoms with Gasteiger partial charge in [0.05, 0.1) is 12.6 Å². The maximum absolute atomic E-state index is 12.4. The number of nitrogens with zero attached hydrogens (tertiary/aromatic N) is 2. The van der Waals surface area contributed by atoms with Gasteiger partial charge in [0, 0.05) is 16.2 Å². The van der Waals surface area contributed by atoms with E-state index in [-0.39, 0.29) is 18.0 Å². The average Bonchev–Trinajstić information content (AvgIpc) is 3.09. The molecule has 3 rings (SSSR count). The standard InChI is InChI=1S/C15H15N3O5S2/c1-23-16-6-8-7-25-14-11(13(20)18(14)12(8)15(21)22)17-10(19)5-9-3-2-4-24-9/h2-4,6,11,14H,5,7H2,1H3,(H,17,19)(H,21,22)/b16-6+/t11?,14-/m1/s1. The number of carboxylic acid groups (broad SMARTS) is 1. The lowest BCUT2D eigenvalue weighted by molar-refractivity contribution is -0.150. The number of thiophene rings is 1. The summed E-state index contributed by atoms with van der Waals surface area (Å²) in [5.74, 6) is -1.54. The van der Waals surface area contributed by atoms with E-state index in [1.54, 1.807) is 0 Å². The van der Waals surface area contributed by atoms with Crippen LogP contribution < -0.4 is 5.32 Å². The summed E-state index contributed by atoms with van der Waals surface area (Å²) in [6, 6.07) is 2.99. The Morgan fingerprint density at radius 2 is 2.36 bits per heavy atom. The molecule has 1 aromatic heterocycles. The van der Waals surface area contributed by atoms with Crippen molar-refractivity contribution in [3.8, 4) is 0 Å². The van der Waals surface area contributed by atoms with Crippen LogP contribution in [0.4, 0.5) is 0 Å². The molecule has 25 heavy (non-hydrogen) atoms. The molecule has 0 aliphatic carbocycles. The van der Waals surface area contributed by atoms with E-state index in [0.717, 1.165) is 4.88 Å². The van der Waals surface area contributed by atoms with E-state index < -0.39 is 23.3 Å². The first-order valence-electron chi connectivity index (χ1n) is 7.32. The molecule has 132 valence electrons. The number of rotatable bonds is 6. The molecule has 2 aliphatic heterocycles. The van der Waals surface area contributed by atoms with Gasteiger partial charge in [-0.25, -0.2) is 4.79 Å². The third-order valence-corrected chi connectivity index (χ3v) is 5.92. The van der Waals surface area contributed by atoms with E-state index in [0.29, 0.717) is 11.3 Å². The Morgan fingerprint density at radius 1 is 1.56 bits per heavy atom. The predicted octanol–water partition coefficient (Wildman–Crippen LogP) is 0.661. The quantitative estimate of drug-likeness (QED) is 0.426. The number of carboxylic acids is 1. The summed E-state index contributed by atoms with van der Waals surface area (Å²) >= 11 is 2.85. The molecule has 0 saturated carbocycles. The van der Waals surface area contributed by atoms with Crippen LogP contribution in [-0.2, 0) is 25.6 Å². The van der Waals surface area contributed by atoms with E-state index in [2.05, 4.69) is 15.3 Å². The van der Waals surface area contributed by atoms with Gasteiger partial charge in [-0.15, -0.1) is 23.1 Å². The van der Waals surface area contributed by atoms with Crippen LogP contribution in [0.25, 0.3) is 0 Å². The number of carbonyl (C=O) groups is 3. The molecule has 1 unspecified atom stereocenters. The zero-order chi connectivity index (χ0) is 18.0. The van der Waals surface area contributed by atoms with Crippen molar-refractivity contribution in [2.45, 2.75) is 17.8 Å². The molecule has 1 aromatic rings. The number of aliphatic carboxylic acids is 1. The van der Waals surface area contributed by atoms with Crippen molar-refractivity contribution >= 4 is 47.1 Å². The molecule has 2 atom stereocenters. The largest absolute Gasteiger partial charge is 0.477 e. The highest BCUT2D eigenvalue weighted by Gasteiger charge is 2.54. The lowest BCUT2D eigenvalue weighted by Crippen LogP contribution is -2.70. The van der Waals surface area contributed by atoms with Crippen LogP contribution in [0.1, 0.15) is 4.88 Å². The van der Waals surface area contributed by atoms with Crippen LogP contribution in [-0.4, -0.2) is 58.3 Å². The minimum absolute atomic E-state index is 0.113. The summed E-state index contributed by atoms with van der Waals surface area (Å²) in [5, 5.41) is 17.2. The topological polar surface area (TPSA) is 108 Å². The van der Waals surface area contributed by atoms with Crippen molar-refractivity contribution in [3.05, 3.63) is 33.7 Å². The second-order valence-electron chi connectivity index (χ2n) is 5.31. The molecule has 0 bridgehead atoms. The lowest BCUT2D eigenvalue weighted by Gasteiger charge is -2.49. The molecule has 1 saturated heterocycles. The van der Waals surface area contributed by atoms with E-state index in [1.807, 2.05) is 17.5 Å². The number of nitrogens with one attached hydrogen (secondary N) is 1. The Kier molecular flexibility index (Phi) is 5.09. The molecular weight excluding hydrogens is 366 g/mol. The molecule has 2 aliphatic rings. The summed E-state index contributed by atoms with van der Waals surface area (Å²) in [4.78, 5) is 42.7. The normalized spacial score (nSPS) is 22.6. The first kappa shape index (κ1) is 17.5. The number of β-lactam (4-membered cyclic amide) rings is 1. The van der Waals surface area contributed by atoms with Crippen LogP contribution >= 0.6 is 23.1 Å². The van der Waals surface area contributed by atoms with Gasteiger partial charge in [0.15, 0.2) is 0 Å². The number of amides is 2. The van der Waals surface area contributed by atoms with Crippen molar-refractivity contribution in [2.24, 2.45) is 5.16 Å². The zero-order valence-electron chi connectivity index (χ0n) is 13.2. The maximum atomic E-state index is 12.4. The second-order valence-corrected chi connectivity index (χ2v) is 7.44. The van der Waals surface area contributed by atoms with Gasteiger partial charge in [0.25, 0.3) is 5.91 Å². The minimum atomic E-state index is -1.21. The van der Waals surface area contributed by atoms with Gasteiger partial charge in [-0.3, -0.25) is 14.5 Å². The van der Waals surface area contributed by atoms with E-state index >= 15 is 0 Å². The van der Waals surface area contributed by atoms with Crippen LogP contribution in [0.5, 0.6) is 0 Å². The van der Waals surface area contributed by atoms with Gasteiger partial charge in [0.2, 0.25) is 5.91 Å². The highest BCUT2D eigenvalue weighted by Crippen LogP contribution is 2.39. The third kappa shape index (κ3) is 3.40. The van der Waals surface area contributed by atoms with Gasteiger partial charge in [-0.05, 0) is 11.4 Å². The number of hydrogen-bond donors (Lipinski definition) is 2. The summed E-state index contributed by atoms with van der Waals surface area (Å²) in [6.45, 7) is 0. The molecule has 10 heteroatoms. The van der Waals surface area contributed by atoms with Gasteiger partial charge in [0.1, 0.15) is 24.2 Å². The van der Waals surface area contributed by atoms with Crippen LogP contribution in [0, 0.1) is 0 Å². The number of hydrogen-bond acceptors (Lipinski definition) is 7. The monoisotopic (exact) mass is 381 g/mol. The van der Waals surface area contributed by atoms with Crippen LogP contribution in [0.15, 0.2) is 33.9 Å². The highest BCUT2D eigenvalue weighted by molar-refractivity contribution is 8.00. The Hall–Kier alpha value is -2.33. The fourth-order valence-electron chi connectivity index (χ4n) is 2.65. The number of carbonyl (C=O) groups excluding carboxylic acids is 2. The smallest absolute Gasteiger partial charge is 0.353 e. The SMILES string of the molecule is CO/N=C/C1=C(C(=O)O)N2C(=O)C(NC(=O)Cc3cccs3)[C@H]2SC1. The van der Waals surface area contributed by atoms with Crippen molar-refractivity contribution in [3.63, 3.8) is 0 Å². The Balaban J connectivity index is 1.72. The molecule has 0 spiro atoms. The summed E-state index contributed by atoms with van der Waals surface area (Å²) in [6.07, 6.45) is 1.49. The average molecular weight is 381 g/mol. The van der Waals surface area contributed by atoms with Gasteiger partial charge in [-0.1, -0.05) is 11.2 Å². The zero-order valence-corrected chi connectivity index (χ0v) is 14.8. The summed E-state index contributed by atoms with van der Waals surface area (Å²) in [5.41, 5.74) is 0.283. The predicted molar refractivity (Wildman–Crippen MR) is 93.2 cm³/mol. The van der Waals surface area contributed by atoms with Crippen molar-refractivity contribution < 1.29 is 24.3 Å². The summed E-state index contributed by atoms with van der Waals surface area (Å²) in [7, 11) is 1.35. The third-order valence-electron chi connectivity index (χ3n) is 3.75. The maximum Gasteiger partial charge on any atom is 0.353 e. The Bertz CT molecular complexity index is 759. The fourth-order valence-corrected chi connectivity index (χ4v) is 4.65. The van der Waals surface area contributed by atoms with Crippen LogP contribution in [0.3, 0.4) is 0 Å². The first-order chi connectivity index (χ1) is 12.0. The summed E-state index contributed by atoms with van der Waals surface area (Å²) < 4.78 is 0. The number of thioether (sulfide) groups is 1. The molecule has 2 N–H and O–H groups in total. The van der Waals surface area contributed by atoms with Gasteiger partial charge in [-0.2, -0.15) is 0 Å². The van der Waals surface area contributed by atoms with Gasteiger partial charge < -0.3 is 15.3 Å². The number of fused-ring (bicyclic) bond motifs is 1. The van der Waals surface area contributed by atoms with Crippen molar-refractivity contribution in [2.75, 3.05) is 12.9 Å². The lowest BCUT2D eigenvalue weighted by atomic mass is 10.0. The fraction of sp³-hybridized carbons (Fsp3) is 0.333. The Labute approximate surface area is 151 Å². The molecule has 0 aromatic carbocycles. The second kappa shape index (κ2) is 7.28. The van der Waals surface area contributed by atoms with Gasteiger partial charge >= 0.3 is 5.97 Å². The highest BCUT2D eigenvalue weighted by atomic mass is 32.2. The van der Waals surface area contributed by atoms with Crippen molar-refractivity contribution in [1.29, 1.82) is 0 Å². The number of oxime groups is 1. The first-order valence-corrected chi connectivity index (χ1v) is 9.25. The molecule has 1 fully saturated rings.